The van der Waals surface area contributed by atoms with E-state index in [0.29, 0.717) is 6.61 Å². The Balaban J connectivity index is 3.16. The van der Waals surface area contributed by atoms with Crippen LogP contribution in [0.5, 0.6) is 0 Å². The van der Waals surface area contributed by atoms with E-state index in [1.807, 2.05) is 0 Å². The van der Waals surface area contributed by atoms with Gasteiger partial charge in [-0.15, -0.1) is 0 Å². The van der Waals surface area contributed by atoms with Gasteiger partial charge in [0.1, 0.15) is 0 Å². The lowest BCUT2D eigenvalue weighted by Crippen LogP contribution is -2.44. The standard InChI is InChI=1S/C19H42NO/c1-4-20(3,5-2)18-16-14-12-10-8-6-7-9-11-13-15-17-19-21/h21H,4-19H2,1-3H3/q+1. The van der Waals surface area contributed by atoms with Crippen molar-refractivity contribution in [3.63, 3.8) is 0 Å². The molecule has 2 nitrogen and oxygen atoms in total. The molecule has 0 radical (unpaired) electrons. The van der Waals surface area contributed by atoms with Crippen LogP contribution < -0.4 is 0 Å². The minimum atomic E-state index is 0.370. The summed E-state index contributed by atoms with van der Waals surface area (Å²) in [6.07, 6.45) is 16.3. The number of aliphatic hydroxyl groups excluding tert-OH is 1. The van der Waals surface area contributed by atoms with Crippen LogP contribution in [0.1, 0.15) is 90.9 Å². The molecule has 0 aromatic heterocycles. The van der Waals surface area contributed by atoms with E-state index in [2.05, 4.69) is 20.9 Å². The molecule has 0 spiro atoms. The van der Waals surface area contributed by atoms with Crippen molar-refractivity contribution in [1.82, 2.24) is 0 Å². The molecule has 0 bridgehead atoms. The molecule has 0 aromatic carbocycles. The number of aliphatic hydroxyl groups is 1. The summed E-state index contributed by atoms with van der Waals surface area (Å²) in [6, 6.07) is 0. The molecule has 0 aliphatic carbocycles. The highest BCUT2D eigenvalue weighted by Crippen LogP contribution is 2.13. The van der Waals surface area contributed by atoms with Crippen LogP contribution in [0.15, 0.2) is 0 Å². The Bertz CT molecular complexity index is 202. The predicted octanol–water partition coefficient (Wildman–Crippen LogP) is 5.15. The van der Waals surface area contributed by atoms with E-state index in [4.69, 9.17) is 5.11 Å². The van der Waals surface area contributed by atoms with Gasteiger partial charge in [-0.2, -0.15) is 0 Å². The van der Waals surface area contributed by atoms with E-state index in [1.54, 1.807) is 0 Å². The fourth-order valence-electron chi connectivity index (χ4n) is 2.91. The van der Waals surface area contributed by atoms with Crippen LogP contribution in [0.25, 0.3) is 0 Å². The highest BCUT2D eigenvalue weighted by atomic mass is 16.2. The van der Waals surface area contributed by atoms with E-state index >= 15 is 0 Å². The summed E-state index contributed by atoms with van der Waals surface area (Å²) in [6.45, 7) is 8.90. The maximum Gasteiger partial charge on any atom is 0.0784 e. The molecule has 2 heteroatoms. The molecule has 0 rings (SSSR count). The van der Waals surface area contributed by atoms with E-state index in [1.165, 1.54) is 94.7 Å². The fraction of sp³-hybridized carbons (Fsp3) is 1.00. The normalized spacial score (nSPS) is 12.0. The summed E-state index contributed by atoms with van der Waals surface area (Å²) in [5.41, 5.74) is 0. The Morgan fingerprint density at radius 2 is 0.905 bits per heavy atom. The molecule has 0 unspecified atom stereocenters. The average Bonchev–Trinajstić information content (AvgIpc) is 2.51. The quantitative estimate of drug-likeness (QED) is 0.309. The summed E-state index contributed by atoms with van der Waals surface area (Å²) >= 11 is 0. The van der Waals surface area contributed by atoms with Gasteiger partial charge in [0.25, 0.3) is 0 Å². The second-order valence-corrected chi connectivity index (χ2v) is 6.94. The predicted molar refractivity (Wildman–Crippen MR) is 94.6 cm³/mol. The zero-order valence-corrected chi connectivity index (χ0v) is 15.2. The summed E-state index contributed by atoms with van der Waals surface area (Å²) in [7, 11) is 2.39. The molecule has 0 atom stereocenters. The molecular formula is C19H42NO+. The third kappa shape index (κ3) is 13.3. The second-order valence-electron chi connectivity index (χ2n) is 6.94. The van der Waals surface area contributed by atoms with Crippen LogP contribution in [0.2, 0.25) is 0 Å². The molecule has 0 saturated heterocycles. The second kappa shape index (κ2) is 14.8. The monoisotopic (exact) mass is 300 g/mol. The Hall–Kier alpha value is -0.0800. The van der Waals surface area contributed by atoms with Gasteiger partial charge in [0.05, 0.1) is 26.7 Å². The molecule has 0 amide bonds. The first-order chi connectivity index (χ1) is 10.2. The van der Waals surface area contributed by atoms with Crippen molar-refractivity contribution < 1.29 is 9.59 Å². The molecule has 128 valence electrons. The lowest BCUT2D eigenvalue weighted by molar-refractivity contribution is -0.906. The highest BCUT2D eigenvalue weighted by Gasteiger charge is 2.14. The van der Waals surface area contributed by atoms with Crippen molar-refractivity contribution in [1.29, 1.82) is 0 Å². The Labute approximate surface area is 134 Å². The van der Waals surface area contributed by atoms with Crippen LogP contribution in [-0.2, 0) is 0 Å². The number of unbranched alkanes of at least 4 members (excludes halogenated alkanes) is 11. The molecule has 21 heavy (non-hydrogen) atoms. The topological polar surface area (TPSA) is 20.2 Å². The Morgan fingerprint density at radius 1 is 0.571 bits per heavy atom. The van der Waals surface area contributed by atoms with Gasteiger partial charge in [0.2, 0.25) is 0 Å². The molecule has 0 heterocycles. The largest absolute Gasteiger partial charge is 0.396 e. The van der Waals surface area contributed by atoms with Crippen molar-refractivity contribution in [2.45, 2.75) is 90.9 Å². The zero-order chi connectivity index (χ0) is 15.8. The van der Waals surface area contributed by atoms with Gasteiger partial charge >= 0.3 is 0 Å². The summed E-state index contributed by atoms with van der Waals surface area (Å²) < 4.78 is 1.25. The maximum atomic E-state index is 8.70. The van der Waals surface area contributed by atoms with Gasteiger partial charge in [-0.1, -0.05) is 57.8 Å². The van der Waals surface area contributed by atoms with Crippen LogP contribution in [0, 0.1) is 0 Å². The lowest BCUT2D eigenvalue weighted by Gasteiger charge is -2.32. The maximum absolute atomic E-state index is 8.70. The number of quaternary nitrogens is 1. The van der Waals surface area contributed by atoms with E-state index in [9.17, 15) is 0 Å². The Morgan fingerprint density at radius 3 is 1.24 bits per heavy atom. The number of nitrogens with zero attached hydrogens (tertiary/aromatic N) is 1. The molecule has 0 aliphatic rings. The van der Waals surface area contributed by atoms with Crippen molar-refractivity contribution in [3.8, 4) is 0 Å². The van der Waals surface area contributed by atoms with Crippen molar-refractivity contribution >= 4 is 0 Å². The highest BCUT2D eigenvalue weighted by molar-refractivity contribution is 4.49. The summed E-state index contributed by atoms with van der Waals surface area (Å²) in [5, 5.41) is 8.70. The molecule has 1 N–H and O–H groups in total. The third-order valence-corrected chi connectivity index (χ3v) is 5.13. The Kier molecular flexibility index (Phi) is 14.8. The van der Waals surface area contributed by atoms with Crippen molar-refractivity contribution in [3.05, 3.63) is 0 Å². The first-order valence-corrected chi connectivity index (χ1v) is 9.63. The van der Waals surface area contributed by atoms with Gasteiger partial charge in [-0.05, 0) is 33.1 Å². The molecule has 0 aromatic rings. The smallest absolute Gasteiger partial charge is 0.0784 e. The summed E-state index contributed by atoms with van der Waals surface area (Å²) in [4.78, 5) is 0. The molecule has 0 saturated carbocycles. The number of hydrogen-bond acceptors (Lipinski definition) is 1. The first kappa shape index (κ1) is 20.9. The van der Waals surface area contributed by atoms with E-state index in [0.717, 1.165) is 6.42 Å². The molecular weight excluding hydrogens is 258 g/mol. The van der Waals surface area contributed by atoms with Gasteiger partial charge in [0, 0.05) is 6.61 Å². The fourth-order valence-corrected chi connectivity index (χ4v) is 2.91. The van der Waals surface area contributed by atoms with Gasteiger partial charge in [-0.3, -0.25) is 0 Å². The minimum absolute atomic E-state index is 0.370. The third-order valence-electron chi connectivity index (χ3n) is 5.13. The van der Waals surface area contributed by atoms with Crippen LogP contribution >= 0.6 is 0 Å². The molecule has 0 fully saturated rings. The summed E-state index contributed by atoms with van der Waals surface area (Å²) in [5.74, 6) is 0. The van der Waals surface area contributed by atoms with Crippen LogP contribution in [0.4, 0.5) is 0 Å². The van der Waals surface area contributed by atoms with Gasteiger partial charge in [0.15, 0.2) is 0 Å². The first-order valence-electron chi connectivity index (χ1n) is 9.63. The average molecular weight is 301 g/mol. The van der Waals surface area contributed by atoms with E-state index in [-0.39, 0.29) is 0 Å². The van der Waals surface area contributed by atoms with Crippen molar-refractivity contribution in [2.24, 2.45) is 0 Å². The van der Waals surface area contributed by atoms with Crippen LogP contribution in [0.3, 0.4) is 0 Å². The minimum Gasteiger partial charge on any atom is -0.396 e. The van der Waals surface area contributed by atoms with Crippen molar-refractivity contribution in [2.75, 3.05) is 33.3 Å². The SMILES string of the molecule is CC[N+](C)(CC)CCCCCCCCCCCCCCO. The van der Waals surface area contributed by atoms with Crippen LogP contribution in [-0.4, -0.2) is 42.9 Å². The zero-order valence-electron chi connectivity index (χ0n) is 15.2. The molecule has 0 aliphatic heterocycles. The number of hydrogen-bond donors (Lipinski definition) is 1. The van der Waals surface area contributed by atoms with Gasteiger partial charge < -0.3 is 9.59 Å². The van der Waals surface area contributed by atoms with E-state index < -0.39 is 0 Å². The lowest BCUT2D eigenvalue weighted by atomic mass is 10.0. The number of rotatable bonds is 16. The van der Waals surface area contributed by atoms with Gasteiger partial charge in [-0.25, -0.2) is 0 Å².